The lowest BCUT2D eigenvalue weighted by Crippen LogP contribution is -2.74. The van der Waals surface area contributed by atoms with Crippen molar-refractivity contribution in [1.82, 2.24) is 9.80 Å². The first-order valence-corrected chi connectivity index (χ1v) is 13.9. The number of aliphatic hydroxyl groups is 1. The molecule has 6 atom stereocenters. The van der Waals surface area contributed by atoms with Crippen LogP contribution in [-0.2, 0) is 43.1 Å². The molecule has 3 aliphatic rings. The molecule has 11 nitrogen and oxygen atoms in total. The zero-order valence-electron chi connectivity index (χ0n) is 24.5. The van der Waals surface area contributed by atoms with E-state index in [-0.39, 0.29) is 37.8 Å². The number of nitrogens with zero attached hydrogens (tertiary/aromatic N) is 2. The standard InChI is InChI=1S/C29H36F3N3O8/c1-12(2)43-7-6-35(5)11-14-10-17(36)19-15(21(14)29(30,31)32)8-13-9-16-22(34(3)4)24(38)20(27(33)41)26(40)28(16,42)25(39)18(13)23(19)37/h10,12-13,16,18,20,22,36,42H,6-9,11H2,1-5H3,(H2,33,41)/t13-,16-,18?,20?,22-,28-/m0/s1. The molecule has 2 fully saturated rings. The van der Waals surface area contributed by atoms with Gasteiger partial charge in [-0.2, -0.15) is 13.2 Å². The molecule has 43 heavy (non-hydrogen) atoms. The molecule has 1 aromatic carbocycles. The van der Waals surface area contributed by atoms with Crippen LogP contribution in [0.1, 0.15) is 47.3 Å². The van der Waals surface area contributed by atoms with E-state index in [1.54, 1.807) is 11.9 Å². The molecule has 3 aliphatic carbocycles. The van der Waals surface area contributed by atoms with Crippen LogP contribution in [-0.4, -0.2) is 101 Å². The number of nitrogens with two attached hydrogens (primary N) is 1. The number of primary amides is 1. The molecule has 2 unspecified atom stereocenters. The summed E-state index contributed by atoms with van der Waals surface area (Å²) in [5.74, 6) is -13.5. The number of ketones is 4. The molecule has 0 aliphatic heterocycles. The lowest BCUT2D eigenvalue weighted by Gasteiger charge is -2.52. The molecular weight excluding hydrogens is 575 g/mol. The van der Waals surface area contributed by atoms with E-state index in [4.69, 9.17) is 10.5 Å². The zero-order valence-corrected chi connectivity index (χ0v) is 24.5. The number of halogens is 3. The van der Waals surface area contributed by atoms with Gasteiger partial charge in [-0.05, 0) is 70.9 Å². The van der Waals surface area contributed by atoms with Gasteiger partial charge in [-0.1, -0.05) is 0 Å². The lowest BCUT2D eigenvalue weighted by atomic mass is 9.52. The summed E-state index contributed by atoms with van der Waals surface area (Å²) in [5, 5.41) is 22.5. The number of carbonyl (C=O) groups is 5. The number of rotatable bonds is 8. The van der Waals surface area contributed by atoms with Gasteiger partial charge in [0.2, 0.25) is 5.91 Å². The number of Topliss-reactive ketones (excluding diaryl/α,β-unsaturated/α-hetero) is 4. The Morgan fingerprint density at radius 3 is 2.33 bits per heavy atom. The van der Waals surface area contributed by atoms with Crippen molar-refractivity contribution in [3.05, 3.63) is 28.3 Å². The summed E-state index contributed by atoms with van der Waals surface area (Å²) in [6, 6.07) is -0.509. The van der Waals surface area contributed by atoms with Gasteiger partial charge in [0.1, 0.15) is 5.75 Å². The van der Waals surface area contributed by atoms with E-state index in [0.717, 1.165) is 6.07 Å². The SMILES string of the molecule is CC(C)OCCN(C)Cc1cc(O)c2c(c1C(F)(F)F)C[C@H]1C[C@H]3[C@H](N(C)C)C(=O)C(C(N)=O)C(=O)[C@@]3(O)C(=O)C1C2=O. The van der Waals surface area contributed by atoms with Crippen LogP contribution < -0.4 is 5.73 Å². The van der Waals surface area contributed by atoms with Crippen molar-refractivity contribution < 1.29 is 52.1 Å². The summed E-state index contributed by atoms with van der Waals surface area (Å²) < 4.78 is 49.4. The molecule has 1 amide bonds. The molecule has 0 bridgehead atoms. The normalized spacial score (nSPS) is 29.3. The van der Waals surface area contributed by atoms with Gasteiger partial charge < -0.3 is 20.7 Å². The van der Waals surface area contributed by atoms with Crippen molar-refractivity contribution in [3.63, 3.8) is 0 Å². The smallest absolute Gasteiger partial charge is 0.417 e. The molecule has 0 saturated heterocycles. The Balaban J connectivity index is 1.82. The topological polar surface area (TPSA) is 168 Å². The van der Waals surface area contributed by atoms with Crippen molar-refractivity contribution >= 4 is 29.0 Å². The third-order valence-electron chi connectivity index (χ3n) is 8.79. The monoisotopic (exact) mass is 611 g/mol. The van der Waals surface area contributed by atoms with Gasteiger partial charge in [0, 0.05) is 19.0 Å². The molecule has 0 heterocycles. The van der Waals surface area contributed by atoms with Crippen LogP contribution in [0.4, 0.5) is 13.2 Å². The maximum atomic E-state index is 14.6. The number of phenols is 1. The number of phenolic OH excluding ortho intramolecular Hbond substituents is 1. The molecule has 14 heteroatoms. The van der Waals surface area contributed by atoms with Crippen LogP contribution in [0, 0.1) is 23.7 Å². The molecule has 236 valence electrons. The summed E-state index contributed by atoms with van der Waals surface area (Å²) in [5.41, 5.74) is -0.240. The van der Waals surface area contributed by atoms with E-state index in [1.807, 2.05) is 13.8 Å². The molecule has 0 spiro atoms. The highest BCUT2D eigenvalue weighted by Gasteiger charge is 2.69. The third-order valence-corrected chi connectivity index (χ3v) is 8.79. The largest absolute Gasteiger partial charge is 0.507 e. The maximum Gasteiger partial charge on any atom is 0.417 e. The van der Waals surface area contributed by atoms with E-state index in [1.165, 1.54) is 19.0 Å². The van der Waals surface area contributed by atoms with E-state index in [0.29, 0.717) is 0 Å². The van der Waals surface area contributed by atoms with Gasteiger partial charge >= 0.3 is 6.18 Å². The fraction of sp³-hybridized carbons (Fsp3) is 0.621. The minimum Gasteiger partial charge on any atom is -0.507 e. The van der Waals surface area contributed by atoms with Gasteiger partial charge in [0.15, 0.2) is 34.7 Å². The average molecular weight is 612 g/mol. The van der Waals surface area contributed by atoms with E-state index >= 15 is 0 Å². The van der Waals surface area contributed by atoms with Crippen LogP contribution >= 0.6 is 0 Å². The molecule has 2 saturated carbocycles. The number of fused-ring (bicyclic) bond motifs is 3. The van der Waals surface area contributed by atoms with Crippen molar-refractivity contribution in [3.8, 4) is 5.75 Å². The molecule has 0 aromatic heterocycles. The van der Waals surface area contributed by atoms with Gasteiger partial charge in [0.25, 0.3) is 0 Å². The number of alkyl halides is 3. The van der Waals surface area contributed by atoms with Crippen molar-refractivity contribution in [1.29, 1.82) is 0 Å². The second kappa shape index (κ2) is 11.4. The first kappa shape index (κ1) is 32.7. The number of benzene rings is 1. The van der Waals surface area contributed by atoms with Crippen LogP contribution in [0.25, 0.3) is 0 Å². The molecule has 4 rings (SSSR count). The van der Waals surface area contributed by atoms with Gasteiger partial charge in [0.05, 0.1) is 35.8 Å². The summed E-state index contributed by atoms with van der Waals surface area (Å²) in [6.45, 7) is 3.94. The van der Waals surface area contributed by atoms with Gasteiger partial charge in [-0.25, -0.2) is 0 Å². The predicted molar refractivity (Wildman–Crippen MR) is 144 cm³/mol. The molecular formula is C29H36F3N3O8. The fourth-order valence-electron chi connectivity index (χ4n) is 7.04. The van der Waals surface area contributed by atoms with Crippen LogP contribution in [0.5, 0.6) is 5.75 Å². The number of aromatic hydroxyl groups is 1. The quantitative estimate of drug-likeness (QED) is 0.357. The molecule has 0 radical (unpaired) electrons. The van der Waals surface area contributed by atoms with E-state index in [2.05, 4.69) is 0 Å². The van der Waals surface area contributed by atoms with Crippen molar-refractivity contribution in [2.45, 2.75) is 57.2 Å². The Kier molecular flexibility index (Phi) is 8.66. The highest BCUT2D eigenvalue weighted by molar-refractivity contribution is 6.32. The Morgan fingerprint density at radius 2 is 1.79 bits per heavy atom. The average Bonchev–Trinajstić information content (AvgIpc) is 2.84. The first-order chi connectivity index (χ1) is 19.8. The zero-order chi connectivity index (χ0) is 32.3. The summed E-state index contributed by atoms with van der Waals surface area (Å²) >= 11 is 0. The van der Waals surface area contributed by atoms with E-state index < -0.39 is 99.4 Å². The van der Waals surface area contributed by atoms with Crippen molar-refractivity contribution in [2.24, 2.45) is 29.4 Å². The van der Waals surface area contributed by atoms with Gasteiger partial charge in [-0.3, -0.25) is 33.8 Å². The highest BCUT2D eigenvalue weighted by Crippen LogP contribution is 2.52. The van der Waals surface area contributed by atoms with Gasteiger partial charge in [-0.15, -0.1) is 0 Å². The summed E-state index contributed by atoms with van der Waals surface area (Å²) in [7, 11) is 4.42. The van der Waals surface area contributed by atoms with Crippen LogP contribution in [0.2, 0.25) is 0 Å². The number of hydrogen-bond donors (Lipinski definition) is 3. The maximum absolute atomic E-state index is 14.6. The Hall–Kier alpha value is -3.20. The van der Waals surface area contributed by atoms with Crippen molar-refractivity contribution in [2.75, 3.05) is 34.3 Å². The highest BCUT2D eigenvalue weighted by atomic mass is 19.4. The third kappa shape index (κ3) is 5.38. The number of likely N-dealkylation sites (N-methyl/N-ethyl adjacent to an activating group) is 2. The molecule has 4 N–H and O–H groups in total. The van der Waals surface area contributed by atoms with Crippen LogP contribution in [0.15, 0.2) is 6.07 Å². The molecule has 1 aromatic rings. The second-order valence-corrected chi connectivity index (χ2v) is 12.2. The first-order valence-electron chi connectivity index (χ1n) is 13.9. The Morgan fingerprint density at radius 1 is 1.16 bits per heavy atom. The van der Waals surface area contributed by atoms with Crippen LogP contribution in [0.3, 0.4) is 0 Å². The summed E-state index contributed by atoms with van der Waals surface area (Å²) in [4.78, 5) is 69.1. The second-order valence-electron chi connectivity index (χ2n) is 12.2. The summed E-state index contributed by atoms with van der Waals surface area (Å²) in [6.07, 6.45) is -5.85. The van der Waals surface area contributed by atoms with E-state index in [9.17, 15) is 47.4 Å². The predicted octanol–water partition coefficient (Wildman–Crippen LogP) is 0.743. The fourth-order valence-corrected chi connectivity index (χ4v) is 7.04. The Bertz CT molecular complexity index is 1380. The number of hydrogen-bond acceptors (Lipinski definition) is 10. The number of ether oxygens (including phenoxy) is 1. The minimum atomic E-state index is -4.94. The number of carbonyl (C=O) groups excluding carboxylic acids is 5. The minimum absolute atomic E-state index is 0.0785. The number of amides is 1. The lowest BCUT2D eigenvalue weighted by molar-refractivity contribution is -0.181. The Labute approximate surface area is 246 Å².